The summed E-state index contributed by atoms with van der Waals surface area (Å²) >= 11 is 0. The molecule has 1 heterocycles. The van der Waals surface area contributed by atoms with Gasteiger partial charge in [-0.05, 0) is 38.0 Å². The molecule has 0 radical (unpaired) electrons. The predicted molar refractivity (Wildman–Crippen MR) is 116 cm³/mol. The van der Waals surface area contributed by atoms with Crippen LogP contribution in [0.4, 0.5) is 0 Å². The Morgan fingerprint density at radius 1 is 1.29 bits per heavy atom. The third-order valence-electron chi connectivity index (χ3n) is 4.65. The lowest BCUT2D eigenvalue weighted by Crippen LogP contribution is -2.35. The molecule has 0 aliphatic carbocycles. The van der Waals surface area contributed by atoms with Gasteiger partial charge >= 0.3 is 10.4 Å². The van der Waals surface area contributed by atoms with Crippen LogP contribution in [0.15, 0.2) is 28.5 Å². The van der Waals surface area contributed by atoms with E-state index in [1.807, 2.05) is 6.92 Å². The third-order valence-corrected chi connectivity index (χ3v) is 6.71. The number of hydrogen-bond acceptors (Lipinski definition) is 9. The second-order valence-corrected chi connectivity index (χ2v) is 10.6. The van der Waals surface area contributed by atoms with E-state index in [1.165, 1.54) is 0 Å². The zero-order chi connectivity index (χ0) is 23.7. The van der Waals surface area contributed by atoms with E-state index in [1.54, 1.807) is 38.1 Å². The standard InChI is InChI=1S/C18H30N4O7S2/c1-15-12-16(20-6-5-8-28-4)21-17(13-18(15,2)14-19)22(3)7-10-30(23,24)11-9-29-31(25,26)27/h12-13H,5-11H2,1-4H3,(H,20,21)(H,25,26,27). The molecule has 1 unspecified atom stereocenters. The Kier molecular flexibility index (Phi) is 10.1. The smallest absolute Gasteiger partial charge is 0.385 e. The van der Waals surface area contributed by atoms with Crippen LogP contribution in [0.3, 0.4) is 0 Å². The van der Waals surface area contributed by atoms with Gasteiger partial charge in [-0.25, -0.2) is 12.6 Å². The normalized spacial score (nSPS) is 21.0. The monoisotopic (exact) mass is 478 g/mol. The first-order valence-corrected chi connectivity index (χ1v) is 12.7. The van der Waals surface area contributed by atoms with Crippen LogP contribution in [0.2, 0.25) is 0 Å². The summed E-state index contributed by atoms with van der Waals surface area (Å²) in [6, 6.07) is 2.26. The first-order valence-electron chi connectivity index (χ1n) is 9.48. The highest BCUT2D eigenvalue weighted by atomic mass is 32.3. The van der Waals surface area contributed by atoms with Crippen molar-refractivity contribution in [3.05, 3.63) is 23.5 Å². The number of rotatable bonds is 12. The van der Waals surface area contributed by atoms with Crippen molar-refractivity contribution in [2.75, 3.05) is 52.0 Å². The van der Waals surface area contributed by atoms with Gasteiger partial charge in [-0.2, -0.15) is 13.7 Å². The van der Waals surface area contributed by atoms with E-state index in [-0.39, 0.29) is 12.3 Å². The maximum absolute atomic E-state index is 12.2. The van der Waals surface area contributed by atoms with Gasteiger partial charge < -0.3 is 15.0 Å². The molecule has 176 valence electrons. The van der Waals surface area contributed by atoms with Crippen LogP contribution in [-0.4, -0.2) is 84.1 Å². The molecule has 0 bridgehead atoms. The Morgan fingerprint density at radius 3 is 2.55 bits per heavy atom. The molecule has 1 aliphatic rings. The third kappa shape index (κ3) is 9.79. The number of nitrogens with one attached hydrogen (secondary N) is 1. The van der Waals surface area contributed by atoms with E-state index in [0.29, 0.717) is 24.8 Å². The SMILES string of the molecule is COCCCN=C1C=C(C)C(C)(C#N)C=C(N(C)CCS(=O)(=O)CCOS(=O)(=O)O)N1. The Bertz CT molecular complexity index is 965. The number of methoxy groups -OCH3 is 1. The summed E-state index contributed by atoms with van der Waals surface area (Å²) in [6.07, 6.45) is 4.23. The topological polar surface area (TPSA) is 158 Å². The van der Waals surface area contributed by atoms with E-state index in [9.17, 15) is 22.1 Å². The fraction of sp³-hybridized carbons (Fsp3) is 0.667. The lowest BCUT2D eigenvalue weighted by Gasteiger charge is -2.25. The van der Waals surface area contributed by atoms with Crippen molar-refractivity contribution in [3.63, 3.8) is 0 Å². The lowest BCUT2D eigenvalue weighted by atomic mass is 9.84. The molecule has 0 aromatic carbocycles. The van der Waals surface area contributed by atoms with E-state index >= 15 is 0 Å². The number of nitriles is 1. The van der Waals surface area contributed by atoms with Crippen molar-refractivity contribution in [1.29, 1.82) is 5.26 Å². The minimum atomic E-state index is -4.69. The van der Waals surface area contributed by atoms with Crippen molar-refractivity contribution in [1.82, 2.24) is 10.2 Å². The molecule has 1 rings (SSSR count). The summed E-state index contributed by atoms with van der Waals surface area (Å²) in [6.45, 7) is 4.07. The highest BCUT2D eigenvalue weighted by Crippen LogP contribution is 2.30. The molecule has 0 spiro atoms. The van der Waals surface area contributed by atoms with Crippen LogP contribution < -0.4 is 5.32 Å². The van der Waals surface area contributed by atoms with Gasteiger partial charge in [-0.15, -0.1) is 0 Å². The zero-order valence-corrected chi connectivity index (χ0v) is 19.8. The quantitative estimate of drug-likeness (QED) is 0.299. The highest BCUT2D eigenvalue weighted by molar-refractivity contribution is 7.91. The summed E-state index contributed by atoms with van der Waals surface area (Å²) in [4.78, 5) is 6.14. The van der Waals surface area contributed by atoms with Gasteiger partial charge in [0, 0.05) is 33.9 Å². The molecular formula is C18H30N4O7S2. The van der Waals surface area contributed by atoms with Gasteiger partial charge in [0.15, 0.2) is 9.84 Å². The van der Waals surface area contributed by atoms with Crippen molar-refractivity contribution in [2.45, 2.75) is 20.3 Å². The highest BCUT2D eigenvalue weighted by Gasteiger charge is 2.29. The number of sulfone groups is 1. The summed E-state index contributed by atoms with van der Waals surface area (Å²) in [7, 11) is -5.05. The lowest BCUT2D eigenvalue weighted by molar-refractivity contribution is 0.197. The van der Waals surface area contributed by atoms with Crippen molar-refractivity contribution in [2.24, 2.45) is 10.4 Å². The number of nitrogens with zero attached hydrogens (tertiary/aromatic N) is 3. The van der Waals surface area contributed by atoms with Crippen LogP contribution in [0.1, 0.15) is 20.3 Å². The van der Waals surface area contributed by atoms with E-state index in [0.717, 1.165) is 12.0 Å². The Labute approximate surface area is 184 Å². The molecule has 1 aliphatic heterocycles. The molecular weight excluding hydrogens is 448 g/mol. The van der Waals surface area contributed by atoms with Gasteiger partial charge in [-0.3, -0.25) is 9.55 Å². The van der Waals surface area contributed by atoms with Gasteiger partial charge in [0.05, 0.1) is 29.6 Å². The zero-order valence-electron chi connectivity index (χ0n) is 18.2. The van der Waals surface area contributed by atoms with Crippen molar-refractivity contribution >= 4 is 26.1 Å². The van der Waals surface area contributed by atoms with Crippen LogP contribution >= 0.6 is 0 Å². The van der Waals surface area contributed by atoms with Crippen LogP contribution in [0.25, 0.3) is 0 Å². The minimum absolute atomic E-state index is 0.0740. The molecule has 11 nitrogen and oxygen atoms in total. The van der Waals surface area contributed by atoms with Gasteiger partial charge in [0.25, 0.3) is 0 Å². The number of allylic oxidation sites excluding steroid dienone is 2. The maximum Gasteiger partial charge on any atom is 0.397 e. The van der Waals surface area contributed by atoms with E-state index < -0.39 is 38.0 Å². The number of amidine groups is 1. The van der Waals surface area contributed by atoms with E-state index in [4.69, 9.17) is 9.29 Å². The van der Waals surface area contributed by atoms with Gasteiger partial charge in [-0.1, -0.05) is 0 Å². The molecule has 0 amide bonds. The molecule has 1 atom stereocenters. The fourth-order valence-corrected chi connectivity index (χ4v) is 4.02. The van der Waals surface area contributed by atoms with Crippen LogP contribution in [-0.2, 0) is 29.2 Å². The molecule has 31 heavy (non-hydrogen) atoms. The van der Waals surface area contributed by atoms with E-state index in [2.05, 4.69) is 20.6 Å². The summed E-state index contributed by atoms with van der Waals surface area (Å²) in [5, 5.41) is 12.8. The Morgan fingerprint density at radius 2 is 1.97 bits per heavy atom. The molecule has 2 N–H and O–H groups in total. The second kappa shape index (κ2) is 11.6. The average molecular weight is 479 g/mol. The summed E-state index contributed by atoms with van der Waals surface area (Å²) in [5.41, 5.74) is -0.130. The number of ether oxygens (including phenoxy) is 1. The number of aliphatic imine (C=N–C) groups is 1. The largest absolute Gasteiger partial charge is 0.397 e. The van der Waals surface area contributed by atoms with Gasteiger partial charge in [0.2, 0.25) is 0 Å². The summed E-state index contributed by atoms with van der Waals surface area (Å²) in [5.74, 6) is 0.227. The van der Waals surface area contributed by atoms with Crippen LogP contribution in [0, 0.1) is 16.7 Å². The summed E-state index contributed by atoms with van der Waals surface area (Å²) < 4.78 is 63.0. The minimum Gasteiger partial charge on any atom is -0.385 e. The first kappa shape index (κ1) is 27.1. The number of hydrogen-bond donors (Lipinski definition) is 2. The van der Waals surface area contributed by atoms with Crippen LogP contribution in [0.5, 0.6) is 0 Å². The first-order chi connectivity index (χ1) is 14.3. The van der Waals surface area contributed by atoms with Gasteiger partial charge in [0.1, 0.15) is 11.7 Å². The molecule has 0 aromatic rings. The van der Waals surface area contributed by atoms with Crippen molar-refractivity contribution < 1.29 is 30.3 Å². The molecule has 0 saturated carbocycles. The molecule has 0 fully saturated rings. The Hall–Kier alpha value is -1.98. The maximum atomic E-state index is 12.2. The average Bonchev–Trinajstić information content (AvgIpc) is 2.79. The Balaban J connectivity index is 2.91. The predicted octanol–water partition coefficient (Wildman–Crippen LogP) is 0.508. The molecule has 0 saturated heterocycles. The fourth-order valence-electron chi connectivity index (χ4n) is 2.53. The molecule has 13 heteroatoms. The molecule has 0 aromatic heterocycles. The second-order valence-electron chi connectivity index (χ2n) is 7.23. The van der Waals surface area contributed by atoms with Crippen molar-refractivity contribution in [3.8, 4) is 6.07 Å².